The highest BCUT2D eigenvalue weighted by Gasteiger charge is 2.49. The number of imide groups is 1. The summed E-state index contributed by atoms with van der Waals surface area (Å²) in [7, 11) is 0. The number of nitriles is 1. The van der Waals surface area contributed by atoms with Crippen molar-refractivity contribution in [2.75, 3.05) is 6.54 Å². The van der Waals surface area contributed by atoms with Crippen molar-refractivity contribution in [3.63, 3.8) is 0 Å². The highest BCUT2D eigenvalue weighted by atomic mass is 16.2. The number of hydrogen-bond acceptors (Lipinski definition) is 4. The van der Waals surface area contributed by atoms with E-state index < -0.39 is 17.5 Å². The second-order valence-electron chi connectivity index (χ2n) is 7.57. The standard InChI is InChI=1S/C20H24N4O3/c1-13-5-3-4-6-16(13)22-17(25)12-24-18(26)20(2,23-19(24)27)15-9-7-14(11-21)8-10-15/h7-10,13,16H,3-6,12H2,1-2H3,(H,22,25)(H,23,27). The van der Waals surface area contributed by atoms with E-state index in [0.29, 0.717) is 17.0 Å². The molecule has 3 atom stereocenters. The molecule has 0 bridgehead atoms. The Hall–Kier alpha value is -2.88. The van der Waals surface area contributed by atoms with Gasteiger partial charge < -0.3 is 10.6 Å². The lowest BCUT2D eigenvalue weighted by Crippen LogP contribution is -2.47. The molecular weight excluding hydrogens is 344 g/mol. The van der Waals surface area contributed by atoms with Gasteiger partial charge in [-0.15, -0.1) is 0 Å². The molecule has 2 N–H and O–H groups in total. The lowest BCUT2D eigenvalue weighted by Gasteiger charge is -2.30. The number of carbonyl (C=O) groups is 3. The van der Waals surface area contributed by atoms with E-state index in [1.165, 1.54) is 6.42 Å². The monoisotopic (exact) mass is 368 g/mol. The average molecular weight is 368 g/mol. The number of rotatable bonds is 4. The Kier molecular flexibility index (Phi) is 5.17. The van der Waals surface area contributed by atoms with Gasteiger partial charge in [-0.1, -0.05) is 31.9 Å². The fraction of sp³-hybridized carbons (Fsp3) is 0.500. The molecule has 3 unspecified atom stereocenters. The van der Waals surface area contributed by atoms with Crippen molar-refractivity contribution in [1.29, 1.82) is 5.26 Å². The maximum Gasteiger partial charge on any atom is 0.325 e. The van der Waals surface area contributed by atoms with Crippen LogP contribution in [0.5, 0.6) is 0 Å². The van der Waals surface area contributed by atoms with Gasteiger partial charge in [0, 0.05) is 6.04 Å². The fourth-order valence-electron chi connectivity index (χ4n) is 3.84. The fourth-order valence-corrected chi connectivity index (χ4v) is 3.84. The predicted octanol–water partition coefficient (Wildman–Crippen LogP) is 2.02. The second kappa shape index (κ2) is 7.39. The maximum absolute atomic E-state index is 12.9. The smallest absolute Gasteiger partial charge is 0.325 e. The van der Waals surface area contributed by atoms with Gasteiger partial charge in [0.1, 0.15) is 12.1 Å². The molecule has 0 spiro atoms. The largest absolute Gasteiger partial charge is 0.352 e. The lowest BCUT2D eigenvalue weighted by molar-refractivity contribution is -0.135. The normalized spacial score (nSPS) is 27.8. The van der Waals surface area contributed by atoms with Gasteiger partial charge >= 0.3 is 6.03 Å². The lowest BCUT2D eigenvalue weighted by atomic mass is 9.86. The van der Waals surface area contributed by atoms with Crippen LogP contribution in [0.25, 0.3) is 0 Å². The van der Waals surface area contributed by atoms with Gasteiger partial charge in [0.15, 0.2) is 0 Å². The first-order valence-corrected chi connectivity index (χ1v) is 9.29. The summed E-state index contributed by atoms with van der Waals surface area (Å²) in [6.45, 7) is 3.43. The van der Waals surface area contributed by atoms with Crippen molar-refractivity contribution in [2.45, 2.75) is 51.1 Å². The molecule has 4 amide bonds. The number of carbonyl (C=O) groups excluding carboxylic acids is 3. The highest BCUT2D eigenvalue weighted by Crippen LogP contribution is 2.29. The van der Waals surface area contributed by atoms with Crippen molar-refractivity contribution < 1.29 is 14.4 Å². The quantitative estimate of drug-likeness (QED) is 0.794. The average Bonchev–Trinajstić information content (AvgIpc) is 2.88. The third kappa shape index (κ3) is 3.65. The molecule has 0 radical (unpaired) electrons. The van der Waals surface area contributed by atoms with Crippen molar-refractivity contribution in [2.24, 2.45) is 5.92 Å². The van der Waals surface area contributed by atoms with Gasteiger partial charge in [0.2, 0.25) is 5.91 Å². The van der Waals surface area contributed by atoms with Crippen LogP contribution >= 0.6 is 0 Å². The zero-order valence-electron chi connectivity index (χ0n) is 15.6. The molecule has 2 aliphatic rings. The summed E-state index contributed by atoms with van der Waals surface area (Å²) < 4.78 is 0. The number of hydrogen-bond donors (Lipinski definition) is 2. The van der Waals surface area contributed by atoms with Crippen molar-refractivity contribution in [1.82, 2.24) is 15.5 Å². The molecule has 1 aliphatic heterocycles. The molecule has 7 nitrogen and oxygen atoms in total. The summed E-state index contributed by atoms with van der Waals surface area (Å²) in [6, 6.07) is 8.01. The first kappa shape index (κ1) is 18.9. The van der Waals surface area contributed by atoms with Crippen LogP contribution in [0.4, 0.5) is 4.79 Å². The Bertz CT molecular complexity index is 798. The third-order valence-corrected chi connectivity index (χ3v) is 5.63. The number of urea groups is 1. The van der Waals surface area contributed by atoms with Gasteiger partial charge in [-0.25, -0.2) is 4.79 Å². The summed E-state index contributed by atoms with van der Waals surface area (Å²) in [5.41, 5.74) is -0.204. The molecule has 0 aromatic heterocycles. The predicted molar refractivity (Wildman–Crippen MR) is 98.3 cm³/mol. The molecule has 7 heteroatoms. The molecule has 1 aromatic rings. The van der Waals surface area contributed by atoms with Crippen LogP contribution in [0.15, 0.2) is 24.3 Å². The van der Waals surface area contributed by atoms with Crippen molar-refractivity contribution >= 4 is 17.8 Å². The molecule has 1 saturated heterocycles. The van der Waals surface area contributed by atoms with Crippen LogP contribution in [-0.4, -0.2) is 35.3 Å². The van der Waals surface area contributed by atoms with Crippen molar-refractivity contribution in [3.05, 3.63) is 35.4 Å². The van der Waals surface area contributed by atoms with E-state index in [1.807, 2.05) is 6.07 Å². The summed E-state index contributed by atoms with van der Waals surface area (Å²) in [6.07, 6.45) is 4.25. The first-order chi connectivity index (χ1) is 12.8. The van der Waals surface area contributed by atoms with E-state index in [-0.39, 0.29) is 18.5 Å². The van der Waals surface area contributed by atoms with Gasteiger partial charge in [-0.3, -0.25) is 14.5 Å². The van der Waals surface area contributed by atoms with Crippen LogP contribution in [0.3, 0.4) is 0 Å². The Morgan fingerprint density at radius 1 is 1.30 bits per heavy atom. The Morgan fingerprint density at radius 3 is 2.59 bits per heavy atom. The van der Waals surface area contributed by atoms with E-state index in [1.54, 1.807) is 31.2 Å². The summed E-state index contributed by atoms with van der Waals surface area (Å²) in [5, 5.41) is 14.6. The topological polar surface area (TPSA) is 102 Å². The van der Waals surface area contributed by atoms with E-state index in [4.69, 9.17) is 5.26 Å². The molecule has 1 aliphatic carbocycles. The molecule has 1 aromatic carbocycles. The zero-order valence-corrected chi connectivity index (χ0v) is 15.6. The molecule has 3 rings (SSSR count). The molecule has 1 saturated carbocycles. The molecule has 1 heterocycles. The zero-order chi connectivity index (χ0) is 19.6. The first-order valence-electron chi connectivity index (χ1n) is 9.29. The number of nitrogens with zero attached hydrogens (tertiary/aromatic N) is 2. The molecule has 2 fully saturated rings. The van der Waals surface area contributed by atoms with Gasteiger partial charge in [0.05, 0.1) is 11.6 Å². The van der Waals surface area contributed by atoms with Crippen molar-refractivity contribution in [3.8, 4) is 6.07 Å². The van der Waals surface area contributed by atoms with E-state index in [2.05, 4.69) is 17.6 Å². The summed E-state index contributed by atoms with van der Waals surface area (Å²) >= 11 is 0. The third-order valence-electron chi connectivity index (χ3n) is 5.63. The SMILES string of the molecule is CC1CCCCC1NC(=O)CN1C(=O)NC(C)(c2ccc(C#N)cc2)C1=O. The highest BCUT2D eigenvalue weighted by molar-refractivity contribution is 6.09. The maximum atomic E-state index is 12.9. The Balaban J connectivity index is 1.69. The molecule has 142 valence electrons. The minimum atomic E-state index is -1.25. The van der Waals surface area contributed by atoms with Gasteiger partial charge in [-0.05, 0) is 43.4 Å². The van der Waals surface area contributed by atoms with Gasteiger partial charge in [-0.2, -0.15) is 5.26 Å². The Labute approximate surface area is 158 Å². The second-order valence-corrected chi connectivity index (χ2v) is 7.57. The van der Waals surface area contributed by atoms with E-state index >= 15 is 0 Å². The minimum absolute atomic E-state index is 0.0944. The number of benzene rings is 1. The van der Waals surface area contributed by atoms with Crippen LogP contribution in [0.2, 0.25) is 0 Å². The number of nitrogens with one attached hydrogen (secondary N) is 2. The Morgan fingerprint density at radius 2 is 1.96 bits per heavy atom. The molecule has 27 heavy (non-hydrogen) atoms. The van der Waals surface area contributed by atoms with Crippen LogP contribution in [-0.2, 0) is 15.1 Å². The van der Waals surface area contributed by atoms with Gasteiger partial charge in [0.25, 0.3) is 5.91 Å². The van der Waals surface area contributed by atoms with E-state index in [0.717, 1.165) is 24.2 Å². The van der Waals surface area contributed by atoms with Crippen LogP contribution in [0.1, 0.15) is 50.7 Å². The van der Waals surface area contributed by atoms with Crippen LogP contribution < -0.4 is 10.6 Å². The van der Waals surface area contributed by atoms with Crippen LogP contribution in [0, 0.1) is 17.2 Å². The van der Waals surface area contributed by atoms with E-state index in [9.17, 15) is 14.4 Å². The summed E-state index contributed by atoms with van der Waals surface area (Å²) in [4.78, 5) is 38.6. The molecular formula is C20H24N4O3. The number of amides is 4. The minimum Gasteiger partial charge on any atom is -0.352 e. The summed E-state index contributed by atoms with van der Waals surface area (Å²) in [5.74, 6) is -0.389.